The van der Waals surface area contributed by atoms with E-state index in [1.54, 1.807) is 32.8 Å². The number of Topliss-reactive ketones (excluding diaryl/α,β-unsaturated/α-hetero) is 3. The number of benzene rings is 2. The number of amides is 2. The lowest BCUT2D eigenvalue weighted by Crippen LogP contribution is -2.49. The molecule has 0 radical (unpaired) electrons. The molecular weight excluding hydrogens is 655 g/mol. The SMILES string of the molecule is CCCCc1ccc(-c2ccc(C(=O)C[C@@H](CCCCN)C(=O)N[C@@H](CN)C(=O)C[C@@H](C)C(=O)N[C@@H](CC(C)C)C(=O)C[C@@H](C)B(C)O)cc2)cc1. The van der Waals surface area contributed by atoms with Crippen molar-refractivity contribution < 1.29 is 29.0 Å². The Bertz CT molecular complexity index is 1430. The van der Waals surface area contributed by atoms with Gasteiger partial charge in [0.1, 0.15) is 0 Å². The summed E-state index contributed by atoms with van der Waals surface area (Å²) in [5, 5.41) is 15.4. The third-order valence-corrected chi connectivity index (χ3v) is 9.78. The van der Waals surface area contributed by atoms with Crippen LogP contribution >= 0.6 is 0 Å². The molecule has 0 fully saturated rings. The molecule has 0 saturated heterocycles. The molecule has 7 N–H and O–H groups in total. The minimum absolute atomic E-state index is 0.0366. The van der Waals surface area contributed by atoms with E-state index >= 15 is 0 Å². The number of hydrogen-bond acceptors (Lipinski definition) is 8. The Kier molecular flexibility index (Phi) is 19.8. The summed E-state index contributed by atoms with van der Waals surface area (Å²) < 4.78 is 0. The molecule has 52 heavy (non-hydrogen) atoms. The summed E-state index contributed by atoms with van der Waals surface area (Å²) in [4.78, 5) is 66.4. The van der Waals surface area contributed by atoms with Crippen molar-refractivity contribution in [3.63, 3.8) is 0 Å². The van der Waals surface area contributed by atoms with Crippen molar-refractivity contribution in [3.8, 4) is 11.1 Å². The smallest absolute Gasteiger partial charge is 0.289 e. The Morgan fingerprint density at radius 3 is 1.87 bits per heavy atom. The third-order valence-electron chi connectivity index (χ3n) is 9.78. The summed E-state index contributed by atoms with van der Waals surface area (Å²) in [6, 6.07) is 14.1. The van der Waals surface area contributed by atoms with Gasteiger partial charge in [0.05, 0.1) is 12.1 Å². The van der Waals surface area contributed by atoms with Crippen LogP contribution in [0.15, 0.2) is 48.5 Å². The normalized spacial score (nSPS) is 14.2. The van der Waals surface area contributed by atoms with Crippen LogP contribution in [0.2, 0.25) is 12.6 Å². The van der Waals surface area contributed by atoms with E-state index in [9.17, 15) is 29.0 Å². The summed E-state index contributed by atoms with van der Waals surface area (Å²) in [5.41, 5.74) is 15.5. The number of aryl methyl sites for hydroxylation is 1. The molecule has 286 valence electrons. The van der Waals surface area contributed by atoms with E-state index in [1.165, 1.54) is 5.56 Å². The summed E-state index contributed by atoms with van der Waals surface area (Å²) in [5.74, 6) is -3.24. The molecule has 2 amide bonds. The van der Waals surface area contributed by atoms with Crippen LogP contribution in [0, 0.1) is 17.8 Å². The van der Waals surface area contributed by atoms with E-state index in [-0.39, 0.29) is 49.1 Å². The Morgan fingerprint density at radius 1 is 0.750 bits per heavy atom. The minimum atomic E-state index is -1.04. The molecule has 0 unspecified atom stereocenters. The Balaban J connectivity index is 2.07. The summed E-state index contributed by atoms with van der Waals surface area (Å²) >= 11 is 0. The largest absolute Gasteiger partial charge is 0.450 e. The van der Waals surface area contributed by atoms with Crippen molar-refractivity contribution in [3.05, 3.63) is 59.7 Å². The van der Waals surface area contributed by atoms with E-state index in [4.69, 9.17) is 11.5 Å². The maximum atomic E-state index is 13.6. The van der Waals surface area contributed by atoms with Gasteiger partial charge < -0.3 is 27.1 Å². The number of ketones is 3. The van der Waals surface area contributed by atoms with Gasteiger partial charge in [0, 0.05) is 43.2 Å². The maximum Gasteiger partial charge on any atom is 0.289 e. The lowest BCUT2D eigenvalue weighted by atomic mass is 9.58. The quantitative estimate of drug-likeness (QED) is 0.0504. The van der Waals surface area contributed by atoms with Gasteiger partial charge in [-0.25, -0.2) is 0 Å². The highest BCUT2D eigenvalue weighted by Gasteiger charge is 2.31. The molecule has 0 aromatic heterocycles. The number of unbranched alkanes of at least 4 members (excludes halogenated alkanes) is 2. The lowest BCUT2D eigenvalue weighted by molar-refractivity contribution is -0.133. The van der Waals surface area contributed by atoms with Crippen LogP contribution in [0.1, 0.15) is 108 Å². The van der Waals surface area contributed by atoms with Gasteiger partial charge in [-0.2, -0.15) is 0 Å². The van der Waals surface area contributed by atoms with Crippen molar-refractivity contribution >= 4 is 36.1 Å². The fourth-order valence-corrected chi connectivity index (χ4v) is 6.08. The molecule has 0 aliphatic heterocycles. The fourth-order valence-electron chi connectivity index (χ4n) is 6.08. The molecule has 0 heterocycles. The van der Waals surface area contributed by atoms with Crippen LogP contribution in [0.4, 0.5) is 0 Å². The van der Waals surface area contributed by atoms with Crippen molar-refractivity contribution in [1.82, 2.24) is 10.6 Å². The van der Waals surface area contributed by atoms with Crippen LogP contribution in [0.5, 0.6) is 0 Å². The molecule has 10 nitrogen and oxygen atoms in total. The van der Waals surface area contributed by atoms with E-state index < -0.39 is 48.4 Å². The van der Waals surface area contributed by atoms with Gasteiger partial charge >= 0.3 is 0 Å². The molecule has 0 aliphatic rings. The zero-order valence-electron chi connectivity index (χ0n) is 32.3. The maximum absolute atomic E-state index is 13.6. The molecule has 0 bridgehead atoms. The van der Waals surface area contributed by atoms with Gasteiger partial charge in [0.2, 0.25) is 11.8 Å². The average molecular weight is 719 g/mol. The Hall–Kier alpha value is -3.67. The van der Waals surface area contributed by atoms with E-state index in [2.05, 4.69) is 41.8 Å². The van der Waals surface area contributed by atoms with E-state index in [0.29, 0.717) is 37.8 Å². The summed E-state index contributed by atoms with van der Waals surface area (Å²) in [6.45, 7) is 10.7. The molecule has 2 aromatic carbocycles. The summed E-state index contributed by atoms with van der Waals surface area (Å²) in [7, 11) is 0. The third kappa shape index (κ3) is 15.1. The minimum Gasteiger partial charge on any atom is -0.450 e. The van der Waals surface area contributed by atoms with Crippen molar-refractivity contribution in [2.75, 3.05) is 13.1 Å². The molecule has 0 saturated carbocycles. The topological polar surface area (TPSA) is 182 Å². The van der Waals surface area contributed by atoms with Crippen molar-refractivity contribution in [2.45, 2.75) is 124 Å². The summed E-state index contributed by atoms with van der Waals surface area (Å²) in [6.07, 6.45) is 5.42. The number of carbonyl (C=O) groups excluding carboxylic acids is 5. The van der Waals surface area contributed by atoms with Crippen LogP contribution in [-0.4, -0.2) is 66.3 Å². The number of hydrogen-bond donors (Lipinski definition) is 5. The first kappa shape index (κ1) is 44.5. The van der Waals surface area contributed by atoms with Gasteiger partial charge in [0.15, 0.2) is 17.3 Å². The molecule has 2 rings (SSSR count). The molecule has 11 heteroatoms. The first-order valence-corrected chi connectivity index (χ1v) is 19.2. The lowest BCUT2D eigenvalue weighted by Gasteiger charge is -2.24. The number of nitrogens with two attached hydrogens (primary N) is 2. The highest BCUT2D eigenvalue weighted by molar-refractivity contribution is 6.50. The fraction of sp³-hybridized carbons (Fsp3) is 0.585. The second kappa shape index (κ2) is 23.1. The highest BCUT2D eigenvalue weighted by atomic mass is 16.2. The molecule has 0 spiro atoms. The van der Waals surface area contributed by atoms with Crippen LogP contribution in [0.25, 0.3) is 11.1 Å². The molecule has 2 aromatic rings. The van der Waals surface area contributed by atoms with E-state index in [1.807, 2.05) is 26.0 Å². The predicted molar refractivity (Wildman–Crippen MR) is 210 cm³/mol. The first-order valence-electron chi connectivity index (χ1n) is 19.2. The standard InChI is InChI=1S/C41H63BN4O6/c1-7-8-11-30-13-15-31(16-14-30)32-17-19-33(20-18-32)37(47)25-34(12-9-10-21-43)41(51)46-36(26-44)38(48)23-28(4)40(50)45-35(22-27(2)3)39(49)24-29(5)42(6)52/h13-20,27-29,34-36,52H,7-12,21-26,43-44H2,1-6H3,(H,45,50)(H,46,51)/t28-,29-,34-,35+,36+/m1/s1. The molecule has 0 aliphatic carbocycles. The van der Waals surface area contributed by atoms with Gasteiger partial charge in [-0.3, -0.25) is 24.0 Å². The highest BCUT2D eigenvalue weighted by Crippen LogP contribution is 2.24. The Morgan fingerprint density at radius 2 is 1.33 bits per heavy atom. The predicted octanol–water partition coefficient (Wildman–Crippen LogP) is 5.55. The monoisotopic (exact) mass is 718 g/mol. The second-order valence-electron chi connectivity index (χ2n) is 14.9. The van der Waals surface area contributed by atoms with Gasteiger partial charge in [-0.05, 0) is 67.1 Å². The zero-order valence-corrected chi connectivity index (χ0v) is 32.3. The van der Waals surface area contributed by atoms with Gasteiger partial charge in [-0.1, -0.05) is 103 Å². The number of rotatable bonds is 25. The molecule has 5 atom stereocenters. The van der Waals surface area contributed by atoms with Crippen molar-refractivity contribution in [1.29, 1.82) is 0 Å². The average Bonchev–Trinajstić information content (AvgIpc) is 3.11. The second-order valence-corrected chi connectivity index (χ2v) is 14.9. The van der Waals surface area contributed by atoms with Crippen LogP contribution in [0.3, 0.4) is 0 Å². The van der Waals surface area contributed by atoms with Crippen LogP contribution in [-0.2, 0) is 25.6 Å². The number of nitrogens with one attached hydrogen (secondary N) is 2. The Labute approximate surface area is 311 Å². The van der Waals surface area contributed by atoms with Gasteiger partial charge in [0.25, 0.3) is 6.92 Å². The zero-order chi connectivity index (χ0) is 38.8. The van der Waals surface area contributed by atoms with Crippen molar-refractivity contribution in [2.24, 2.45) is 29.2 Å². The van der Waals surface area contributed by atoms with Gasteiger partial charge in [-0.15, -0.1) is 0 Å². The van der Waals surface area contributed by atoms with E-state index in [0.717, 1.165) is 30.4 Å². The van der Waals surface area contributed by atoms with Crippen LogP contribution < -0.4 is 22.1 Å². The number of carbonyl (C=O) groups is 5. The first-order chi connectivity index (χ1) is 24.7. The molecular formula is C41H63BN4O6.